The lowest BCUT2D eigenvalue weighted by Crippen LogP contribution is -2.50. The number of anilines is 1. The topological polar surface area (TPSA) is 44.8 Å². The van der Waals surface area contributed by atoms with Crippen molar-refractivity contribution in [3.63, 3.8) is 0 Å². The van der Waals surface area contributed by atoms with Crippen molar-refractivity contribution in [1.82, 2.24) is 9.80 Å². The molecule has 138 valence electrons. The Bertz CT molecular complexity index is 745. The lowest BCUT2D eigenvalue weighted by atomic mass is 10.1. The van der Waals surface area contributed by atoms with Crippen molar-refractivity contribution in [2.75, 3.05) is 45.2 Å². The number of carbonyl (C=O) groups is 1. The number of hydrogen-bond donors (Lipinski definition) is 1. The highest BCUT2D eigenvalue weighted by molar-refractivity contribution is 6.30. The van der Waals surface area contributed by atoms with Gasteiger partial charge < -0.3 is 15.0 Å². The number of piperazine rings is 1. The lowest BCUT2D eigenvalue weighted by molar-refractivity contribution is 0.148. The molecule has 1 heterocycles. The molecule has 0 aromatic heterocycles. The maximum Gasteiger partial charge on any atom is 0.321 e. The Balaban J connectivity index is 1.44. The van der Waals surface area contributed by atoms with Gasteiger partial charge in [-0.2, -0.15) is 0 Å². The van der Waals surface area contributed by atoms with Crippen LogP contribution in [0.5, 0.6) is 5.75 Å². The van der Waals surface area contributed by atoms with Crippen molar-refractivity contribution in [3.05, 3.63) is 59.1 Å². The molecule has 0 radical (unpaired) electrons. The smallest absolute Gasteiger partial charge is 0.321 e. The molecule has 1 N–H and O–H groups in total. The number of urea groups is 1. The maximum absolute atomic E-state index is 12.4. The van der Waals surface area contributed by atoms with Crippen LogP contribution >= 0.6 is 11.6 Å². The number of benzene rings is 2. The van der Waals surface area contributed by atoms with Crippen LogP contribution in [0.1, 0.15) is 5.56 Å². The summed E-state index contributed by atoms with van der Waals surface area (Å²) < 4.78 is 5.27. The predicted molar refractivity (Wildman–Crippen MR) is 105 cm³/mol. The zero-order valence-corrected chi connectivity index (χ0v) is 15.7. The Morgan fingerprint density at radius 1 is 1.12 bits per heavy atom. The summed E-state index contributed by atoms with van der Waals surface area (Å²) >= 11 is 5.96. The minimum Gasteiger partial charge on any atom is -0.497 e. The normalized spacial score (nSPS) is 14.9. The van der Waals surface area contributed by atoms with Gasteiger partial charge in [0.1, 0.15) is 5.75 Å². The second-order valence-electron chi connectivity index (χ2n) is 6.37. The maximum atomic E-state index is 12.4. The van der Waals surface area contributed by atoms with Gasteiger partial charge in [0.25, 0.3) is 0 Å². The first-order valence-corrected chi connectivity index (χ1v) is 9.18. The fourth-order valence-corrected chi connectivity index (χ4v) is 3.25. The highest BCUT2D eigenvalue weighted by Crippen LogP contribution is 2.16. The number of carbonyl (C=O) groups excluding carboxylic acids is 1. The van der Waals surface area contributed by atoms with Gasteiger partial charge >= 0.3 is 6.03 Å². The van der Waals surface area contributed by atoms with E-state index in [-0.39, 0.29) is 6.03 Å². The summed E-state index contributed by atoms with van der Waals surface area (Å²) in [5.41, 5.74) is 1.99. The van der Waals surface area contributed by atoms with Gasteiger partial charge in [-0.15, -0.1) is 0 Å². The largest absolute Gasteiger partial charge is 0.497 e. The Hall–Kier alpha value is -2.24. The van der Waals surface area contributed by atoms with Gasteiger partial charge in [-0.1, -0.05) is 29.8 Å². The Kier molecular flexibility index (Phi) is 6.36. The molecule has 26 heavy (non-hydrogen) atoms. The standard InChI is InChI=1S/C20H24ClN3O2/c1-26-19-7-2-4-16(14-19)8-9-23-10-12-24(13-11-23)20(25)22-18-6-3-5-17(21)15-18/h2-7,14-15H,8-13H2,1H3,(H,22,25). The van der Waals surface area contributed by atoms with Crippen molar-refractivity contribution in [2.24, 2.45) is 0 Å². The zero-order valence-electron chi connectivity index (χ0n) is 15.0. The summed E-state index contributed by atoms with van der Waals surface area (Å²) in [7, 11) is 1.69. The van der Waals surface area contributed by atoms with Gasteiger partial charge in [0.05, 0.1) is 7.11 Å². The molecular weight excluding hydrogens is 350 g/mol. The third-order valence-corrected chi connectivity index (χ3v) is 4.82. The Labute approximate surface area is 159 Å². The first-order chi connectivity index (χ1) is 12.6. The number of methoxy groups -OCH3 is 1. The Morgan fingerprint density at radius 3 is 2.62 bits per heavy atom. The van der Waals surface area contributed by atoms with Crippen LogP contribution in [0.2, 0.25) is 5.02 Å². The minimum absolute atomic E-state index is 0.0697. The SMILES string of the molecule is COc1cccc(CCN2CCN(C(=O)Nc3cccc(Cl)c3)CC2)c1. The molecule has 0 atom stereocenters. The molecule has 1 aliphatic rings. The van der Waals surface area contributed by atoms with E-state index in [2.05, 4.69) is 22.3 Å². The van der Waals surface area contributed by atoms with E-state index in [1.807, 2.05) is 29.2 Å². The number of nitrogens with zero attached hydrogens (tertiary/aromatic N) is 2. The van der Waals surface area contributed by atoms with Crippen LogP contribution in [0.25, 0.3) is 0 Å². The molecule has 0 unspecified atom stereocenters. The molecule has 0 aliphatic carbocycles. The average molecular weight is 374 g/mol. The molecule has 1 aliphatic heterocycles. The third kappa shape index (κ3) is 5.13. The second-order valence-corrected chi connectivity index (χ2v) is 6.81. The summed E-state index contributed by atoms with van der Waals surface area (Å²) in [6, 6.07) is 15.3. The quantitative estimate of drug-likeness (QED) is 0.868. The average Bonchev–Trinajstić information content (AvgIpc) is 2.67. The van der Waals surface area contributed by atoms with E-state index < -0.39 is 0 Å². The fourth-order valence-electron chi connectivity index (χ4n) is 3.06. The van der Waals surface area contributed by atoms with Crippen LogP contribution in [0.15, 0.2) is 48.5 Å². The lowest BCUT2D eigenvalue weighted by Gasteiger charge is -2.34. The first kappa shape index (κ1) is 18.5. The van der Waals surface area contributed by atoms with E-state index in [4.69, 9.17) is 16.3 Å². The van der Waals surface area contributed by atoms with Crippen molar-refractivity contribution in [2.45, 2.75) is 6.42 Å². The first-order valence-electron chi connectivity index (χ1n) is 8.81. The minimum atomic E-state index is -0.0697. The second kappa shape index (κ2) is 8.92. The molecule has 1 fully saturated rings. The van der Waals surface area contributed by atoms with Crippen molar-refractivity contribution >= 4 is 23.3 Å². The van der Waals surface area contributed by atoms with E-state index in [0.717, 1.165) is 50.6 Å². The van der Waals surface area contributed by atoms with Gasteiger partial charge in [0, 0.05) is 43.4 Å². The van der Waals surface area contributed by atoms with Gasteiger partial charge in [0.15, 0.2) is 0 Å². The van der Waals surface area contributed by atoms with Gasteiger partial charge in [-0.05, 0) is 42.3 Å². The van der Waals surface area contributed by atoms with Gasteiger partial charge in [0.2, 0.25) is 0 Å². The molecule has 2 aromatic carbocycles. The van der Waals surface area contributed by atoms with E-state index in [1.54, 1.807) is 19.2 Å². The van der Waals surface area contributed by atoms with Crippen LogP contribution in [0.3, 0.4) is 0 Å². The molecule has 0 bridgehead atoms. The molecule has 0 spiro atoms. The van der Waals surface area contributed by atoms with Crippen LogP contribution in [-0.2, 0) is 6.42 Å². The summed E-state index contributed by atoms with van der Waals surface area (Å²) in [5.74, 6) is 0.894. The molecule has 5 nitrogen and oxygen atoms in total. The number of ether oxygens (including phenoxy) is 1. The Morgan fingerprint density at radius 2 is 1.88 bits per heavy atom. The number of halogens is 1. The number of hydrogen-bond acceptors (Lipinski definition) is 3. The third-order valence-electron chi connectivity index (χ3n) is 4.59. The van der Waals surface area contributed by atoms with Crippen LogP contribution in [0, 0.1) is 0 Å². The zero-order chi connectivity index (χ0) is 18.4. The molecule has 1 saturated heterocycles. The van der Waals surface area contributed by atoms with E-state index in [9.17, 15) is 4.79 Å². The summed E-state index contributed by atoms with van der Waals surface area (Å²) in [5, 5.41) is 3.52. The number of rotatable bonds is 5. The van der Waals surface area contributed by atoms with Crippen LogP contribution < -0.4 is 10.1 Å². The summed E-state index contributed by atoms with van der Waals surface area (Å²) in [6.45, 7) is 4.20. The molecule has 3 rings (SSSR count). The van der Waals surface area contributed by atoms with Gasteiger partial charge in [-0.25, -0.2) is 4.79 Å². The van der Waals surface area contributed by atoms with Crippen molar-refractivity contribution < 1.29 is 9.53 Å². The fraction of sp³-hybridized carbons (Fsp3) is 0.350. The van der Waals surface area contributed by atoms with Gasteiger partial charge in [-0.3, -0.25) is 4.90 Å². The summed E-state index contributed by atoms with van der Waals surface area (Å²) in [4.78, 5) is 16.6. The molecule has 6 heteroatoms. The van der Waals surface area contributed by atoms with E-state index in [0.29, 0.717) is 5.02 Å². The monoisotopic (exact) mass is 373 g/mol. The van der Waals surface area contributed by atoms with Crippen LogP contribution in [0.4, 0.5) is 10.5 Å². The van der Waals surface area contributed by atoms with Crippen molar-refractivity contribution in [3.8, 4) is 5.75 Å². The predicted octanol–water partition coefficient (Wildman–Crippen LogP) is 3.74. The summed E-state index contributed by atoms with van der Waals surface area (Å²) in [6.07, 6.45) is 0.978. The molecule has 0 saturated carbocycles. The molecular formula is C20H24ClN3O2. The number of nitrogens with one attached hydrogen (secondary N) is 1. The highest BCUT2D eigenvalue weighted by atomic mass is 35.5. The highest BCUT2D eigenvalue weighted by Gasteiger charge is 2.21. The van der Waals surface area contributed by atoms with Crippen LogP contribution in [-0.4, -0.2) is 55.7 Å². The van der Waals surface area contributed by atoms with E-state index >= 15 is 0 Å². The number of amides is 2. The molecule has 2 amide bonds. The van der Waals surface area contributed by atoms with Crippen molar-refractivity contribution in [1.29, 1.82) is 0 Å². The van der Waals surface area contributed by atoms with E-state index in [1.165, 1.54) is 5.56 Å². The molecule has 2 aromatic rings.